The lowest BCUT2D eigenvalue weighted by Gasteiger charge is -2.12. The summed E-state index contributed by atoms with van der Waals surface area (Å²) in [5.41, 5.74) is 5.12. The van der Waals surface area contributed by atoms with Gasteiger partial charge >= 0.3 is 6.18 Å². The molecule has 0 bridgehead atoms. The maximum atomic E-state index is 12.4. The molecular formula is C13H13F3N2O3S. The van der Waals surface area contributed by atoms with Gasteiger partial charge in [0.05, 0.1) is 18.8 Å². The SMILES string of the molecule is C/C(=C\C(=O)Nc1sc2c(c1C(N)=O)CCOC2)C(F)(F)F. The van der Waals surface area contributed by atoms with Gasteiger partial charge in [-0.3, -0.25) is 9.59 Å². The number of hydrogen-bond donors (Lipinski definition) is 2. The number of primary amides is 1. The van der Waals surface area contributed by atoms with Crippen LogP contribution in [0.4, 0.5) is 18.2 Å². The Morgan fingerprint density at radius 2 is 2.09 bits per heavy atom. The van der Waals surface area contributed by atoms with Crippen molar-refractivity contribution in [2.24, 2.45) is 5.73 Å². The van der Waals surface area contributed by atoms with E-state index in [0.717, 1.165) is 23.1 Å². The second-order valence-corrected chi connectivity index (χ2v) is 5.79. The van der Waals surface area contributed by atoms with Crippen molar-refractivity contribution < 1.29 is 27.5 Å². The number of anilines is 1. The van der Waals surface area contributed by atoms with E-state index < -0.39 is 23.6 Å². The van der Waals surface area contributed by atoms with E-state index in [1.807, 2.05) is 0 Å². The number of carbonyl (C=O) groups excluding carboxylic acids is 2. The minimum Gasteiger partial charge on any atom is -0.376 e. The Balaban J connectivity index is 2.28. The molecule has 0 fully saturated rings. The molecule has 2 amide bonds. The number of hydrogen-bond acceptors (Lipinski definition) is 4. The summed E-state index contributed by atoms with van der Waals surface area (Å²) >= 11 is 1.08. The van der Waals surface area contributed by atoms with Crippen LogP contribution in [0.25, 0.3) is 0 Å². The molecule has 5 nitrogen and oxygen atoms in total. The fourth-order valence-corrected chi connectivity index (χ4v) is 3.20. The van der Waals surface area contributed by atoms with Crippen LogP contribution < -0.4 is 11.1 Å². The average molecular weight is 334 g/mol. The zero-order valence-corrected chi connectivity index (χ0v) is 12.4. The van der Waals surface area contributed by atoms with Gasteiger partial charge < -0.3 is 15.8 Å². The Morgan fingerprint density at radius 1 is 1.41 bits per heavy atom. The number of ether oxygens (including phenoxy) is 1. The largest absolute Gasteiger partial charge is 0.412 e. The number of nitrogens with one attached hydrogen (secondary N) is 1. The van der Waals surface area contributed by atoms with E-state index in [4.69, 9.17) is 10.5 Å². The van der Waals surface area contributed by atoms with Gasteiger partial charge in [0.25, 0.3) is 5.91 Å². The smallest absolute Gasteiger partial charge is 0.376 e. The number of allylic oxidation sites excluding steroid dienone is 1. The topological polar surface area (TPSA) is 81.4 Å². The summed E-state index contributed by atoms with van der Waals surface area (Å²) in [4.78, 5) is 24.0. The van der Waals surface area contributed by atoms with Gasteiger partial charge in [-0.15, -0.1) is 11.3 Å². The minimum absolute atomic E-state index is 0.148. The molecule has 1 aliphatic heterocycles. The van der Waals surface area contributed by atoms with Gasteiger partial charge in [-0.25, -0.2) is 0 Å². The van der Waals surface area contributed by atoms with Crippen LogP contribution in [0.5, 0.6) is 0 Å². The van der Waals surface area contributed by atoms with E-state index in [1.54, 1.807) is 0 Å². The van der Waals surface area contributed by atoms with Gasteiger partial charge in [-0.05, 0) is 18.9 Å². The van der Waals surface area contributed by atoms with Crippen LogP contribution in [0.15, 0.2) is 11.6 Å². The summed E-state index contributed by atoms with van der Waals surface area (Å²) in [6.45, 7) is 1.50. The van der Waals surface area contributed by atoms with Crippen LogP contribution >= 0.6 is 11.3 Å². The summed E-state index contributed by atoms with van der Waals surface area (Å²) in [6.07, 6.45) is -3.66. The van der Waals surface area contributed by atoms with Crippen LogP contribution in [-0.4, -0.2) is 24.6 Å². The van der Waals surface area contributed by atoms with Gasteiger partial charge in [0.1, 0.15) is 5.00 Å². The highest BCUT2D eigenvalue weighted by Crippen LogP contribution is 2.36. The zero-order chi connectivity index (χ0) is 16.5. The Labute approximate surface area is 127 Å². The van der Waals surface area contributed by atoms with Crippen LogP contribution in [0.3, 0.4) is 0 Å². The predicted molar refractivity (Wildman–Crippen MR) is 74.6 cm³/mol. The Hall–Kier alpha value is -1.87. The Kier molecular flexibility index (Phi) is 4.57. The molecule has 0 atom stereocenters. The van der Waals surface area contributed by atoms with Crippen molar-refractivity contribution in [2.75, 3.05) is 11.9 Å². The fourth-order valence-electron chi connectivity index (χ4n) is 2.01. The van der Waals surface area contributed by atoms with Gasteiger partial charge in [0.2, 0.25) is 5.91 Å². The number of thiophene rings is 1. The van der Waals surface area contributed by atoms with Crippen molar-refractivity contribution in [2.45, 2.75) is 26.1 Å². The summed E-state index contributed by atoms with van der Waals surface area (Å²) in [7, 11) is 0. The number of amides is 2. The first-order valence-corrected chi connectivity index (χ1v) is 7.10. The lowest BCUT2D eigenvalue weighted by molar-refractivity contribution is -0.113. The number of carbonyl (C=O) groups is 2. The van der Waals surface area contributed by atoms with E-state index in [2.05, 4.69) is 5.32 Å². The normalized spacial score (nSPS) is 15.4. The second-order valence-electron chi connectivity index (χ2n) is 4.69. The summed E-state index contributed by atoms with van der Waals surface area (Å²) in [5, 5.41) is 2.45. The molecule has 0 saturated heterocycles. The molecule has 120 valence electrons. The Morgan fingerprint density at radius 3 is 2.68 bits per heavy atom. The summed E-state index contributed by atoms with van der Waals surface area (Å²) in [5.74, 6) is -1.69. The van der Waals surface area contributed by atoms with Gasteiger partial charge in [0, 0.05) is 16.5 Å². The van der Waals surface area contributed by atoms with Crippen molar-refractivity contribution >= 4 is 28.2 Å². The highest BCUT2D eigenvalue weighted by Gasteiger charge is 2.31. The molecule has 1 aliphatic rings. The van der Waals surface area contributed by atoms with Crippen LogP contribution in [0.1, 0.15) is 27.7 Å². The molecule has 1 aromatic heterocycles. The van der Waals surface area contributed by atoms with Crippen LogP contribution in [-0.2, 0) is 22.6 Å². The van der Waals surface area contributed by atoms with E-state index >= 15 is 0 Å². The van der Waals surface area contributed by atoms with Crippen LogP contribution in [0.2, 0.25) is 0 Å². The third-order valence-corrected chi connectivity index (χ3v) is 4.22. The molecule has 9 heteroatoms. The average Bonchev–Trinajstić information content (AvgIpc) is 2.74. The maximum absolute atomic E-state index is 12.4. The van der Waals surface area contributed by atoms with Crippen molar-refractivity contribution in [3.05, 3.63) is 27.7 Å². The van der Waals surface area contributed by atoms with Crippen LogP contribution in [0, 0.1) is 0 Å². The quantitative estimate of drug-likeness (QED) is 0.833. The first kappa shape index (κ1) is 16.5. The van der Waals surface area contributed by atoms with E-state index in [9.17, 15) is 22.8 Å². The van der Waals surface area contributed by atoms with Gasteiger partial charge in [-0.2, -0.15) is 13.2 Å². The maximum Gasteiger partial charge on any atom is 0.412 e. The molecule has 2 rings (SSSR count). The third kappa shape index (κ3) is 3.47. The molecule has 2 heterocycles. The predicted octanol–water partition coefficient (Wildman–Crippen LogP) is 2.37. The van der Waals surface area contributed by atoms with E-state index in [0.29, 0.717) is 24.7 Å². The lowest BCUT2D eigenvalue weighted by Crippen LogP contribution is -2.19. The highest BCUT2D eigenvalue weighted by atomic mass is 32.1. The molecule has 0 radical (unpaired) electrons. The molecule has 0 aliphatic carbocycles. The summed E-state index contributed by atoms with van der Waals surface area (Å²) < 4.78 is 42.5. The van der Waals surface area contributed by atoms with E-state index in [1.165, 1.54) is 0 Å². The standard InChI is InChI=1S/C13H13F3N2O3S/c1-6(13(14,15)16)4-9(19)18-12-10(11(17)20)7-2-3-21-5-8(7)22-12/h4H,2-3,5H2,1H3,(H2,17,20)(H,18,19)/b6-4+. The monoisotopic (exact) mass is 334 g/mol. The first-order chi connectivity index (χ1) is 10.2. The number of fused-ring (bicyclic) bond motifs is 1. The molecule has 22 heavy (non-hydrogen) atoms. The summed E-state index contributed by atoms with van der Waals surface area (Å²) in [6, 6.07) is 0. The number of halogens is 3. The zero-order valence-electron chi connectivity index (χ0n) is 11.5. The lowest BCUT2D eigenvalue weighted by atomic mass is 10.1. The van der Waals surface area contributed by atoms with Gasteiger partial charge in [-0.1, -0.05) is 0 Å². The molecule has 0 spiro atoms. The molecule has 0 aromatic carbocycles. The van der Waals surface area contributed by atoms with Crippen molar-refractivity contribution in [1.29, 1.82) is 0 Å². The van der Waals surface area contributed by atoms with Gasteiger partial charge in [0.15, 0.2) is 0 Å². The third-order valence-electron chi connectivity index (χ3n) is 3.10. The second kappa shape index (κ2) is 6.09. The van der Waals surface area contributed by atoms with Crippen molar-refractivity contribution in [3.8, 4) is 0 Å². The molecule has 3 N–H and O–H groups in total. The number of alkyl halides is 3. The molecular weight excluding hydrogens is 321 g/mol. The Bertz CT molecular complexity index is 650. The molecule has 0 unspecified atom stereocenters. The van der Waals surface area contributed by atoms with Crippen molar-refractivity contribution in [3.63, 3.8) is 0 Å². The fraction of sp³-hybridized carbons (Fsp3) is 0.385. The molecule has 0 saturated carbocycles. The minimum atomic E-state index is -4.58. The first-order valence-electron chi connectivity index (χ1n) is 6.28. The molecule has 1 aromatic rings. The number of nitrogens with two attached hydrogens (primary N) is 1. The number of rotatable bonds is 3. The van der Waals surface area contributed by atoms with Crippen molar-refractivity contribution in [1.82, 2.24) is 0 Å². The van der Waals surface area contributed by atoms with E-state index in [-0.39, 0.29) is 17.2 Å². The highest BCUT2D eigenvalue weighted by molar-refractivity contribution is 7.17.